The fraction of sp³-hybridized carbons (Fsp3) is 0.667. The minimum Gasteiger partial charge on any atom is -0.412 e. The molecule has 4 N–H and O–H groups in total. The minimum absolute atomic E-state index is 0. The summed E-state index contributed by atoms with van der Waals surface area (Å²) in [6, 6.07) is 0. The summed E-state index contributed by atoms with van der Waals surface area (Å²) in [4.78, 5) is 9.59. The number of nitrogens with two attached hydrogens (primary N) is 1. The van der Waals surface area contributed by atoms with E-state index in [9.17, 15) is 4.79 Å². The fourth-order valence-corrected chi connectivity index (χ4v) is 0. The summed E-state index contributed by atoms with van der Waals surface area (Å²) in [5.41, 5.74) is 4.65. The molecule has 6 heavy (non-hydrogen) atoms. The van der Waals surface area contributed by atoms with Crippen molar-refractivity contribution in [3.63, 3.8) is 0 Å². The van der Waals surface area contributed by atoms with Crippen molar-refractivity contribution >= 4 is 5.91 Å². The predicted octanol–water partition coefficient (Wildman–Crippen LogP) is -0.943. The summed E-state index contributed by atoms with van der Waals surface area (Å²) in [5, 5.41) is 0. The predicted molar refractivity (Wildman–Crippen MR) is 23.1 cm³/mol. The molecule has 0 bridgehead atoms. The molecule has 0 aromatic heterocycles. The Morgan fingerprint density at radius 2 is 2.00 bits per heavy atom. The number of hydrogen-bond donors (Lipinski definition) is 1. The van der Waals surface area contributed by atoms with E-state index in [1.807, 2.05) is 0 Å². The molecule has 0 aliphatic heterocycles. The Balaban J connectivity index is 0. The Labute approximate surface area is 36.5 Å². The molecule has 3 nitrogen and oxygen atoms in total. The second-order valence-corrected chi connectivity index (χ2v) is 0.820. The van der Waals surface area contributed by atoms with Gasteiger partial charge in [0, 0.05) is 6.42 Å². The topological polar surface area (TPSA) is 74.6 Å². The molecular weight excluding hydrogens is 82.0 g/mol. The van der Waals surface area contributed by atoms with Crippen LogP contribution in [0.15, 0.2) is 0 Å². The third-order valence-electron chi connectivity index (χ3n) is 0.348. The molecule has 0 heterocycles. The molecule has 0 saturated heterocycles. The highest BCUT2D eigenvalue weighted by Gasteiger charge is 1.77. The lowest BCUT2D eigenvalue weighted by Crippen LogP contribution is -2.06. The van der Waals surface area contributed by atoms with E-state index in [1.165, 1.54) is 0 Å². The molecule has 0 rings (SSSR count). The van der Waals surface area contributed by atoms with E-state index in [0.29, 0.717) is 6.42 Å². The van der Waals surface area contributed by atoms with E-state index in [2.05, 4.69) is 5.73 Å². The van der Waals surface area contributed by atoms with Gasteiger partial charge in [-0.2, -0.15) is 0 Å². The second kappa shape index (κ2) is 4.43. The van der Waals surface area contributed by atoms with Crippen molar-refractivity contribution in [3.8, 4) is 0 Å². The van der Waals surface area contributed by atoms with Gasteiger partial charge in [0.15, 0.2) is 0 Å². The van der Waals surface area contributed by atoms with Gasteiger partial charge in [-0.1, -0.05) is 6.92 Å². The van der Waals surface area contributed by atoms with E-state index >= 15 is 0 Å². The van der Waals surface area contributed by atoms with Crippen molar-refractivity contribution in [2.24, 2.45) is 5.73 Å². The van der Waals surface area contributed by atoms with Crippen LogP contribution >= 0.6 is 0 Å². The number of carbonyl (C=O) groups excluding carboxylic acids is 1. The van der Waals surface area contributed by atoms with Gasteiger partial charge in [0.25, 0.3) is 0 Å². The summed E-state index contributed by atoms with van der Waals surface area (Å²) >= 11 is 0. The van der Waals surface area contributed by atoms with Crippen LogP contribution in [0.4, 0.5) is 0 Å². The second-order valence-electron chi connectivity index (χ2n) is 0.820. The van der Waals surface area contributed by atoms with E-state index in [-0.39, 0.29) is 11.4 Å². The number of hydrogen-bond acceptors (Lipinski definition) is 1. The summed E-state index contributed by atoms with van der Waals surface area (Å²) in [6.45, 7) is 1.72. The van der Waals surface area contributed by atoms with Crippen molar-refractivity contribution in [1.82, 2.24) is 0 Å². The van der Waals surface area contributed by atoms with E-state index in [1.54, 1.807) is 6.92 Å². The molecule has 0 aromatic rings. The van der Waals surface area contributed by atoms with Gasteiger partial charge in [-0.25, -0.2) is 0 Å². The molecule has 0 fully saturated rings. The number of amides is 1. The van der Waals surface area contributed by atoms with E-state index < -0.39 is 0 Å². The van der Waals surface area contributed by atoms with Crippen LogP contribution in [0.3, 0.4) is 0 Å². The van der Waals surface area contributed by atoms with Crippen molar-refractivity contribution < 1.29 is 10.3 Å². The Bertz CT molecular complexity index is 44.1. The summed E-state index contributed by atoms with van der Waals surface area (Å²) in [7, 11) is 0. The van der Waals surface area contributed by atoms with Gasteiger partial charge in [-0.05, 0) is 0 Å². The molecule has 1 amide bonds. The molecular formula is C3H9NO2. The average Bonchev–Trinajstić information content (AvgIpc) is 1.38. The lowest BCUT2D eigenvalue weighted by Gasteiger charge is -1.73. The van der Waals surface area contributed by atoms with Crippen molar-refractivity contribution in [3.05, 3.63) is 0 Å². The number of carbonyl (C=O) groups is 1. The lowest BCUT2D eigenvalue weighted by atomic mass is 10.5. The van der Waals surface area contributed by atoms with Gasteiger partial charge in [-0.15, -0.1) is 0 Å². The third-order valence-corrected chi connectivity index (χ3v) is 0.348. The summed E-state index contributed by atoms with van der Waals surface area (Å²) in [5.74, 6) is -0.245. The molecule has 0 spiro atoms. The highest BCUT2D eigenvalue weighted by atomic mass is 16.1. The first kappa shape index (κ1) is 9.06. The van der Waals surface area contributed by atoms with Crippen LogP contribution in [0.1, 0.15) is 13.3 Å². The maximum Gasteiger partial charge on any atom is 0.217 e. The first-order chi connectivity index (χ1) is 2.27. The van der Waals surface area contributed by atoms with Gasteiger partial charge >= 0.3 is 0 Å². The van der Waals surface area contributed by atoms with Crippen molar-refractivity contribution in [2.45, 2.75) is 13.3 Å². The molecule has 0 radical (unpaired) electrons. The minimum atomic E-state index is -0.245. The highest BCUT2D eigenvalue weighted by molar-refractivity contribution is 5.73. The quantitative estimate of drug-likeness (QED) is 0.444. The van der Waals surface area contributed by atoms with Gasteiger partial charge in [0.2, 0.25) is 5.91 Å². The smallest absolute Gasteiger partial charge is 0.217 e. The molecule has 3 heteroatoms. The lowest BCUT2D eigenvalue weighted by molar-refractivity contribution is -0.117. The molecule has 0 unspecified atom stereocenters. The maximum atomic E-state index is 9.59. The van der Waals surface area contributed by atoms with Crippen molar-refractivity contribution in [1.29, 1.82) is 0 Å². The Kier molecular flexibility index (Phi) is 6.69. The first-order valence-electron chi connectivity index (χ1n) is 1.55. The molecule has 0 saturated carbocycles. The van der Waals surface area contributed by atoms with E-state index in [0.717, 1.165) is 0 Å². The van der Waals surface area contributed by atoms with Crippen LogP contribution in [0.5, 0.6) is 0 Å². The molecule has 0 aromatic carbocycles. The summed E-state index contributed by atoms with van der Waals surface area (Å²) < 4.78 is 0. The van der Waals surface area contributed by atoms with Gasteiger partial charge < -0.3 is 11.2 Å². The SMILES string of the molecule is CCC(N)=O.O. The van der Waals surface area contributed by atoms with E-state index in [4.69, 9.17) is 0 Å². The number of primary amides is 1. The Hall–Kier alpha value is -0.570. The van der Waals surface area contributed by atoms with Crippen molar-refractivity contribution in [2.75, 3.05) is 0 Å². The van der Waals surface area contributed by atoms with Crippen LogP contribution in [-0.4, -0.2) is 11.4 Å². The standard InChI is InChI=1S/C3H7NO.H2O/c1-2-3(4)5;/h2H2,1H3,(H2,4,5);1H2. The Morgan fingerprint density at radius 1 is 1.83 bits per heavy atom. The van der Waals surface area contributed by atoms with Crippen LogP contribution in [0, 0.1) is 0 Å². The highest BCUT2D eigenvalue weighted by Crippen LogP contribution is 1.63. The van der Waals surface area contributed by atoms with Crippen LogP contribution in [0.2, 0.25) is 0 Å². The summed E-state index contributed by atoms with van der Waals surface area (Å²) in [6.07, 6.45) is 0.444. The van der Waals surface area contributed by atoms with Gasteiger partial charge in [0.05, 0.1) is 0 Å². The van der Waals surface area contributed by atoms with Crippen LogP contribution in [0.25, 0.3) is 0 Å². The maximum absolute atomic E-state index is 9.59. The zero-order valence-corrected chi connectivity index (χ0v) is 3.69. The number of rotatable bonds is 1. The third kappa shape index (κ3) is 9.90. The zero-order valence-electron chi connectivity index (χ0n) is 3.69. The molecule has 0 aliphatic carbocycles. The first-order valence-corrected chi connectivity index (χ1v) is 1.55. The normalized spacial score (nSPS) is 6.17. The van der Waals surface area contributed by atoms with Gasteiger partial charge in [-0.3, -0.25) is 4.79 Å². The molecule has 0 aliphatic rings. The van der Waals surface area contributed by atoms with Crippen LogP contribution < -0.4 is 5.73 Å². The molecule has 0 atom stereocenters. The van der Waals surface area contributed by atoms with Crippen LogP contribution in [-0.2, 0) is 4.79 Å². The Morgan fingerprint density at radius 3 is 2.00 bits per heavy atom. The largest absolute Gasteiger partial charge is 0.412 e. The fourth-order valence-electron chi connectivity index (χ4n) is 0. The zero-order chi connectivity index (χ0) is 4.28. The van der Waals surface area contributed by atoms with Gasteiger partial charge in [0.1, 0.15) is 0 Å². The molecule has 38 valence electrons. The average molecular weight is 91.1 g/mol. The monoisotopic (exact) mass is 91.1 g/mol.